The quantitative estimate of drug-likeness (QED) is 0.775. The van der Waals surface area contributed by atoms with Crippen molar-refractivity contribution < 1.29 is 4.42 Å². The van der Waals surface area contributed by atoms with E-state index in [0.717, 1.165) is 17.3 Å². The molecule has 86 valence electrons. The first-order valence-electron chi connectivity index (χ1n) is 5.37. The summed E-state index contributed by atoms with van der Waals surface area (Å²) >= 11 is 0. The van der Waals surface area contributed by atoms with Crippen LogP contribution in [0.25, 0.3) is 0 Å². The summed E-state index contributed by atoms with van der Waals surface area (Å²) in [6, 6.07) is 0. The maximum absolute atomic E-state index is 5.72. The molecule has 0 aliphatic heterocycles. The van der Waals surface area contributed by atoms with Crippen LogP contribution in [-0.2, 0) is 17.4 Å². The third-order valence-electron chi connectivity index (χ3n) is 2.23. The zero-order valence-electron chi connectivity index (χ0n) is 10.6. The minimum atomic E-state index is -0.0621. The van der Waals surface area contributed by atoms with E-state index in [1.807, 2.05) is 0 Å². The summed E-state index contributed by atoms with van der Waals surface area (Å²) in [4.78, 5) is 4.58. The molecular formula is C12H22N2O. The van der Waals surface area contributed by atoms with Crippen LogP contribution in [-0.4, -0.2) is 4.98 Å². The van der Waals surface area contributed by atoms with Gasteiger partial charge in [0.15, 0.2) is 5.89 Å². The zero-order chi connectivity index (χ0) is 11.9. The molecule has 0 saturated carbocycles. The SMILES string of the molecule is CC(C)(C)c1nc(C(C)(C)C)c(CN)o1. The van der Waals surface area contributed by atoms with Crippen molar-refractivity contribution in [3.63, 3.8) is 0 Å². The zero-order valence-corrected chi connectivity index (χ0v) is 10.6. The third-order valence-corrected chi connectivity index (χ3v) is 2.23. The molecule has 1 aromatic heterocycles. The Balaban J connectivity index is 3.24. The van der Waals surface area contributed by atoms with E-state index in [-0.39, 0.29) is 10.8 Å². The van der Waals surface area contributed by atoms with E-state index < -0.39 is 0 Å². The number of oxazole rings is 1. The molecular weight excluding hydrogens is 188 g/mol. The lowest BCUT2D eigenvalue weighted by molar-refractivity contribution is 0.372. The van der Waals surface area contributed by atoms with Gasteiger partial charge < -0.3 is 10.2 Å². The summed E-state index contributed by atoms with van der Waals surface area (Å²) in [6.07, 6.45) is 0. The lowest BCUT2D eigenvalue weighted by Crippen LogP contribution is -2.17. The lowest BCUT2D eigenvalue weighted by Gasteiger charge is -2.16. The van der Waals surface area contributed by atoms with Gasteiger partial charge in [0.25, 0.3) is 0 Å². The van der Waals surface area contributed by atoms with Crippen molar-refractivity contribution in [2.24, 2.45) is 5.73 Å². The number of nitrogens with zero attached hydrogens (tertiary/aromatic N) is 1. The summed E-state index contributed by atoms with van der Waals surface area (Å²) < 4.78 is 5.72. The van der Waals surface area contributed by atoms with Gasteiger partial charge in [-0.25, -0.2) is 4.98 Å². The number of hydrogen-bond donors (Lipinski definition) is 1. The minimum absolute atomic E-state index is 0.0122. The molecule has 1 rings (SSSR count). The first-order chi connectivity index (χ1) is 6.66. The molecule has 15 heavy (non-hydrogen) atoms. The number of hydrogen-bond acceptors (Lipinski definition) is 3. The maximum atomic E-state index is 5.72. The highest BCUT2D eigenvalue weighted by molar-refractivity contribution is 5.20. The largest absolute Gasteiger partial charge is 0.443 e. The molecule has 0 aromatic carbocycles. The predicted molar refractivity (Wildman–Crippen MR) is 61.8 cm³/mol. The van der Waals surface area contributed by atoms with Gasteiger partial charge >= 0.3 is 0 Å². The van der Waals surface area contributed by atoms with Crippen LogP contribution >= 0.6 is 0 Å². The summed E-state index contributed by atoms with van der Waals surface area (Å²) in [6.45, 7) is 13.0. The Morgan fingerprint density at radius 1 is 1.07 bits per heavy atom. The van der Waals surface area contributed by atoms with Crippen LogP contribution < -0.4 is 5.73 Å². The molecule has 1 aromatic rings. The van der Waals surface area contributed by atoms with E-state index >= 15 is 0 Å². The third kappa shape index (κ3) is 2.59. The number of rotatable bonds is 1. The normalized spacial score (nSPS) is 13.3. The Labute approximate surface area is 92.1 Å². The van der Waals surface area contributed by atoms with Crippen molar-refractivity contribution in [2.75, 3.05) is 0 Å². The first kappa shape index (κ1) is 12.2. The van der Waals surface area contributed by atoms with Crippen LogP contribution in [0.4, 0.5) is 0 Å². The molecule has 0 saturated heterocycles. The fourth-order valence-electron chi connectivity index (χ4n) is 1.40. The maximum Gasteiger partial charge on any atom is 0.200 e. The summed E-state index contributed by atoms with van der Waals surface area (Å²) in [7, 11) is 0. The summed E-state index contributed by atoms with van der Waals surface area (Å²) in [5, 5.41) is 0. The van der Waals surface area contributed by atoms with E-state index in [4.69, 9.17) is 10.2 Å². The van der Waals surface area contributed by atoms with Crippen molar-refractivity contribution >= 4 is 0 Å². The van der Waals surface area contributed by atoms with E-state index in [2.05, 4.69) is 46.5 Å². The summed E-state index contributed by atoms with van der Waals surface area (Å²) in [5.41, 5.74) is 6.58. The van der Waals surface area contributed by atoms with Crippen molar-refractivity contribution in [3.05, 3.63) is 17.3 Å². The fraction of sp³-hybridized carbons (Fsp3) is 0.750. The molecule has 0 aliphatic rings. The predicted octanol–water partition coefficient (Wildman–Crippen LogP) is 2.73. The molecule has 0 aliphatic carbocycles. The molecule has 0 bridgehead atoms. The van der Waals surface area contributed by atoms with Crippen LogP contribution in [0.2, 0.25) is 0 Å². The Morgan fingerprint density at radius 3 is 1.87 bits per heavy atom. The molecule has 0 atom stereocenters. The Kier molecular flexibility index (Phi) is 2.97. The standard InChI is InChI=1S/C12H22N2O/c1-11(2,3)9-8(7-13)15-10(14-9)12(4,5)6/h7,13H2,1-6H3. The van der Waals surface area contributed by atoms with E-state index in [1.165, 1.54) is 0 Å². The Morgan fingerprint density at radius 2 is 1.60 bits per heavy atom. The number of nitrogens with two attached hydrogens (primary N) is 1. The molecule has 3 nitrogen and oxygen atoms in total. The van der Waals surface area contributed by atoms with Gasteiger partial charge in [-0.15, -0.1) is 0 Å². The van der Waals surface area contributed by atoms with Gasteiger partial charge in [0.1, 0.15) is 5.76 Å². The topological polar surface area (TPSA) is 52.0 Å². The van der Waals surface area contributed by atoms with Crippen molar-refractivity contribution in [2.45, 2.75) is 58.9 Å². The Bertz CT molecular complexity index is 339. The Hall–Kier alpha value is -0.830. The molecule has 0 spiro atoms. The fourth-order valence-corrected chi connectivity index (χ4v) is 1.40. The van der Waals surface area contributed by atoms with Crippen LogP contribution in [0.15, 0.2) is 4.42 Å². The molecule has 0 radical (unpaired) electrons. The molecule has 0 fully saturated rings. The van der Waals surface area contributed by atoms with Crippen LogP contribution in [0.5, 0.6) is 0 Å². The van der Waals surface area contributed by atoms with Gasteiger partial charge in [-0.2, -0.15) is 0 Å². The average Bonchev–Trinajstić information content (AvgIpc) is 2.44. The van der Waals surface area contributed by atoms with E-state index in [9.17, 15) is 0 Å². The van der Waals surface area contributed by atoms with Gasteiger partial charge in [-0.05, 0) is 0 Å². The van der Waals surface area contributed by atoms with Crippen LogP contribution in [0.3, 0.4) is 0 Å². The first-order valence-corrected chi connectivity index (χ1v) is 5.37. The van der Waals surface area contributed by atoms with Crippen molar-refractivity contribution in [1.82, 2.24) is 4.98 Å². The van der Waals surface area contributed by atoms with Gasteiger partial charge in [0.05, 0.1) is 12.2 Å². The second-order valence-electron chi connectivity index (χ2n) is 5.99. The van der Waals surface area contributed by atoms with E-state index in [0.29, 0.717) is 6.54 Å². The highest BCUT2D eigenvalue weighted by atomic mass is 16.4. The number of aromatic nitrogens is 1. The minimum Gasteiger partial charge on any atom is -0.443 e. The molecule has 0 amide bonds. The van der Waals surface area contributed by atoms with Crippen molar-refractivity contribution in [3.8, 4) is 0 Å². The molecule has 0 unspecified atom stereocenters. The van der Waals surface area contributed by atoms with Gasteiger partial charge in [0, 0.05) is 10.8 Å². The van der Waals surface area contributed by atoms with E-state index in [1.54, 1.807) is 0 Å². The summed E-state index contributed by atoms with van der Waals surface area (Å²) in [5.74, 6) is 1.58. The smallest absolute Gasteiger partial charge is 0.200 e. The van der Waals surface area contributed by atoms with Gasteiger partial charge in [-0.3, -0.25) is 0 Å². The van der Waals surface area contributed by atoms with Gasteiger partial charge in [0.2, 0.25) is 0 Å². The second kappa shape index (κ2) is 3.63. The highest BCUT2D eigenvalue weighted by Crippen LogP contribution is 2.30. The lowest BCUT2D eigenvalue weighted by atomic mass is 9.90. The molecule has 1 heterocycles. The van der Waals surface area contributed by atoms with Crippen molar-refractivity contribution in [1.29, 1.82) is 0 Å². The van der Waals surface area contributed by atoms with Gasteiger partial charge in [-0.1, -0.05) is 41.5 Å². The average molecular weight is 210 g/mol. The van der Waals surface area contributed by atoms with Crippen LogP contribution in [0.1, 0.15) is 58.9 Å². The van der Waals surface area contributed by atoms with Crippen LogP contribution in [0, 0.1) is 0 Å². The molecule has 3 heteroatoms. The highest BCUT2D eigenvalue weighted by Gasteiger charge is 2.28. The second-order valence-corrected chi connectivity index (χ2v) is 5.99. The molecule has 2 N–H and O–H groups in total. The monoisotopic (exact) mass is 210 g/mol.